The van der Waals surface area contributed by atoms with Crippen molar-refractivity contribution in [3.63, 3.8) is 0 Å². The van der Waals surface area contributed by atoms with Crippen molar-refractivity contribution in [3.8, 4) is 0 Å². The number of rotatable bonds is 7. The number of halogens is 6. The van der Waals surface area contributed by atoms with Crippen molar-refractivity contribution in [1.29, 1.82) is 0 Å². The van der Waals surface area contributed by atoms with E-state index in [-0.39, 0.29) is 53.3 Å². The quantitative estimate of drug-likeness (QED) is 0.292. The smallest absolute Gasteiger partial charge is 0.318 e. The summed E-state index contributed by atoms with van der Waals surface area (Å²) in [6.45, 7) is 6.37. The number of hydrogen-bond acceptors (Lipinski definition) is 5. The molecule has 2 atom stereocenters. The highest BCUT2D eigenvalue weighted by atomic mass is 19.4. The number of alkyl halides is 6. The molecular formula is C32H36F6N6O. The molecule has 45 heavy (non-hydrogen) atoms. The van der Waals surface area contributed by atoms with E-state index in [9.17, 15) is 26.7 Å². The van der Waals surface area contributed by atoms with Gasteiger partial charge in [0.1, 0.15) is 6.33 Å². The first-order valence-corrected chi connectivity index (χ1v) is 15.0. The maximum Gasteiger partial charge on any atom is 0.416 e. The number of likely N-dealkylation sites (N-methyl/N-ethyl adjacent to an activating group) is 1. The Morgan fingerprint density at radius 3 is 2.42 bits per heavy atom. The van der Waals surface area contributed by atoms with E-state index in [2.05, 4.69) is 33.8 Å². The van der Waals surface area contributed by atoms with Crippen LogP contribution in [0.2, 0.25) is 0 Å². The monoisotopic (exact) mass is 634 g/mol. The van der Waals surface area contributed by atoms with Gasteiger partial charge < -0.3 is 14.4 Å². The highest BCUT2D eigenvalue weighted by molar-refractivity contribution is 6.10. The molecule has 3 aliphatic rings. The Morgan fingerprint density at radius 1 is 1.07 bits per heavy atom. The molecule has 0 radical (unpaired) electrons. The third-order valence-corrected chi connectivity index (χ3v) is 9.64. The second kappa shape index (κ2) is 11.1. The Hall–Kier alpha value is -3.45. The third-order valence-electron chi connectivity index (χ3n) is 9.64. The van der Waals surface area contributed by atoms with Gasteiger partial charge in [0.25, 0.3) is 5.91 Å². The van der Waals surface area contributed by atoms with E-state index >= 15 is 4.39 Å². The fraction of sp³-hybridized carbons (Fsp3) is 0.531. The molecule has 2 aliphatic heterocycles. The van der Waals surface area contributed by atoms with Gasteiger partial charge in [-0.05, 0) is 53.9 Å². The van der Waals surface area contributed by atoms with Crippen LogP contribution < -0.4 is 4.90 Å². The maximum atomic E-state index is 16.0. The van der Waals surface area contributed by atoms with Crippen LogP contribution in [-0.4, -0.2) is 69.1 Å². The molecule has 1 amide bonds. The molecule has 0 spiro atoms. The molecule has 1 saturated carbocycles. The second-order valence-electron chi connectivity index (χ2n) is 13.2. The van der Waals surface area contributed by atoms with Gasteiger partial charge >= 0.3 is 6.18 Å². The molecule has 2 aromatic carbocycles. The van der Waals surface area contributed by atoms with Crippen LogP contribution in [0, 0.1) is 5.92 Å². The van der Waals surface area contributed by atoms with Crippen LogP contribution >= 0.6 is 0 Å². The van der Waals surface area contributed by atoms with Gasteiger partial charge in [0.15, 0.2) is 12.0 Å². The lowest BCUT2D eigenvalue weighted by molar-refractivity contribution is -0.151. The van der Waals surface area contributed by atoms with E-state index in [0.29, 0.717) is 12.1 Å². The standard InChI is InChI=1S/C32H36F6N6O/c1-19(2)26-15-41(3)8-9-43(26)13-20-10-23-24(25(11-20)32(36,37)38)14-44(29(23)45)22-7-5-6-21(12-22)30(16-31(34,35)17-30)27(33)28-40-39-18-42(28)4/h5-7,10-12,18-19,26-27H,8-9,13-17H2,1-4H3/t26-,27+/m1/s1. The van der Waals surface area contributed by atoms with Crippen molar-refractivity contribution >= 4 is 11.6 Å². The Kier molecular flexibility index (Phi) is 7.79. The summed E-state index contributed by atoms with van der Waals surface area (Å²) in [5, 5.41) is 7.47. The summed E-state index contributed by atoms with van der Waals surface area (Å²) in [5.41, 5.74) is -1.84. The van der Waals surface area contributed by atoms with Gasteiger partial charge in [0.2, 0.25) is 5.92 Å². The normalized spacial score (nSPS) is 22.5. The average molecular weight is 635 g/mol. The molecule has 0 N–H and O–H groups in total. The Bertz CT molecular complexity index is 1590. The van der Waals surface area contributed by atoms with E-state index in [1.54, 1.807) is 6.07 Å². The van der Waals surface area contributed by atoms with Crippen molar-refractivity contribution in [2.24, 2.45) is 13.0 Å². The fourth-order valence-electron chi connectivity index (χ4n) is 7.23. The summed E-state index contributed by atoms with van der Waals surface area (Å²) in [6.07, 6.45) is -6.90. The van der Waals surface area contributed by atoms with Gasteiger partial charge in [0, 0.05) is 68.8 Å². The minimum absolute atomic E-state index is 0.0344. The van der Waals surface area contributed by atoms with Crippen molar-refractivity contribution in [3.05, 3.63) is 76.4 Å². The molecule has 13 heteroatoms. The lowest BCUT2D eigenvalue weighted by atomic mass is 9.59. The average Bonchev–Trinajstić information content (AvgIpc) is 3.53. The lowest BCUT2D eigenvalue weighted by Crippen LogP contribution is -2.53. The van der Waals surface area contributed by atoms with Crippen molar-refractivity contribution in [2.75, 3.05) is 31.6 Å². The topological polar surface area (TPSA) is 57.5 Å². The number of hydrogen-bond donors (Lipinski definition) is 0. The van der Waals surface area contributed by atoms with Crippen molar-refractivity contribution in [2.45, 2.75) is 69.5 Å². The van der Waals surface area contributed by atoms with Gasteiger partial charge in [-0.1, -0.05) is 26.0 Å². The number of carbonyl (C=O) groups is 1. The van der Waals surface area contributed by atoms with Crippen LogP contribution in [0.1, 0.15) is 71.3 Å². The predicted molar refractivity (Wildman–Crippen MR) is 156 cm³/mol. The zero-order chi connectivity index (χ0) is 32.5. The Morgan fingerprint density at radius 2 is 1.80 bits per heavy atom. The molecule has 0 unspecified atom stereocenters. The van der Waals surface area contributed by atoms with Gasteiger partial charge in [-0.2, -0.15) is 13.2 Å². The summed E-state index contributed by atoms with van der Waals surface area (Å²) in [7, 11) is 3.54. The molecule has 6 rings (SSSR count). The van der Waals surface area contributed by atoms with E-state index in [1.165, 1.54) is 47.1 Å². The predicted octanol–water partition coefficient (Wildman–Crippen LogP) is 6.14. The molecule has 1 aromatic heterocycles. The number of aryl methyl sites for hydroxylation is 1. The van der Waals surface area contributed by atoms with E-state index in [0.717, 1.165) is 19.2 Å². The molecule has 1 aliphatic carbocycles. The molecule has 0 bridgehead atoms. The van der Waals surface area contributed by atoms with E-state index in [4.69, 9.17) is 0 Å². The van der Waals surface area contributed by atoms with Crippen molar-refractivity contribution < 1.29 is 31.1 Å². The first-order chi connectivity index (χ1) is 21.1. The summed E-state index contributed by atoms with van der Waals surface area (Å²) in [4.78, 5) is 19.4. The summed E-state index contributed by atoms with van der Waals surface area (Å²) < 4.78 is 89.3. The zero-order valence-corrected chi connectivity index (χ0v) is 25.6. The van der Waals surface area contributed by atoms with Gasteiger partial charge in [0.05, 0.1) is 12.1 Å². The van der Waals surface area contributed by atoms with Crippen LogP contribution in [0.3, 0.4) is 0 Å². The molecular weight excluding hydrogens is 598 g/mol. The van der Waals surface area contributed by atoms with Gasteiger partial charge in [-0.3, -0.25) is 9.69 Å². The van der Waals surface area contributed by atoms with Gasteiger partial charge in [-0.15, -0.1) is 10.2 Å². The first kappa shape index (κ1) is 31.5. The third kappa shape index (κ3) is 5.62. The minimum Gasteiger partial charge on any atom is -0.318 e. The number of benzene rings is 2. The van der Waals surface area contributed by atoms with E-state index in [1.807, 2.05) is 7.05 Å². The number of anilines is 1. The highest BCUT2D eigenvalue weighted by Crippen LogP contribution is 2.60. The number of piperazine rings is 1. The number of carbonyl (C=O) groups excluding carboxylic acids is 1. The zero-order valence-electron chi connectivity index (χ0n) is 25.6. The number of fused-ring (bicyclic) bond motifs is 1. The van der Waals surface area contributed by atoms with Crippen LogP contribution in [0.25, 0.3) is 0 Å². The molecule has 2 fully saturated rings. The Labute approximate surface area is 257 Å². The number of amides is 1. The van der Waals surface area contributed by atoms with E-state index < -0.39 is 48.0 Å². The van der Waals surface area contributed by atoms with Crippen LogP contribution in [0.15, 0.2) is 42.7 Å². The highest BCUT2D eigenvalue weighted by Gasteiger charge is 2.63. The van der Waals surface area contributed by atoms with Crippen LogP contribution in [0.4, 0.5) is 32.0 Å². The molecule has 3 heterocycles. The second-order valence-corrected chi connectivity index (χ2v) is 13.2. The van der Waals surface area contributed by atoms with Crippen molar-refractivity contribution in [1.82, 2.24) is 24.6 Å². The lowest BCUT2D eigenvalue weighted by Gasteiger charge is -2.49. The Balaban J connectivity index is 1.34. The number of aromatic nitrogens is 3. The minimum atomic E-state index is -4.70. The number of nitrogens with zero attached hydrogens (tertiary/aromatic N) is 6. The summed E-state index contributed by atoms with van der Waals surface area (Å²) >= 11 is 0. The molecule has 1 saturated heterocycles. The van der Waals surface area contributed by atoms with Gasteiger partial charge in [-0.25, -0.2) is 13.2 Å². The fourth-order valence-corrected chi connectivity index (χ4v) is 7.23. The van der Waals surface area contributed by atoms with Crippen LogP contribution in [0.5, 0.6) is 0 Å². The largest absolute Gasteiger partial charge is 0.416 e. The molecule has 7 nitrogen and oxygen atoms in total. The molecule has 3 aromatic rings. The maximum absolute atomic E-state index is 16.0. The molecule has 242 valence electrons. The SMILES string of the molecule is CC(C)[C@H]1CN(C)CCN1Cc1cc2c(c(C(F)(F)F)c1)CN(c1cccc(C3([C@@H](F)c4nncn4C)CC(F)(F)C3)c1)C2=O. The summed E-state index contributed by atoms with van der Waals surface area (Å²) in [6, 6.07) is 8.82. The first-order valence-electron chi connectivity index (χ1n) is 15.0. The van der Waals surface area contributed by atoms with Crippen LogP contribution in [-0.2, 0) is 31.7 Å². The summed E-state index contributed by atoms with van der Waals surface area (Å²) in [5.74, 6) is -3.55.